The Balaban J connectivity index is 1.53. The Hall–Kier alpha value is -3.65. The number of carbonyl (C=O) groups excluding carboxylic acids is 2. The minimum absolute atomic E-state index is 0.0195. The van der Waals surface area contributed by atoms with Gasteiger partial charge >= 0.3 is 0 Å². The molecule has 2 atom stereocenters. The number of benzene rings is 2. The minimum atomic E-state index is -1.64. The number of hydrazone groups is 1. The van der Waals surface area contributed by atoms with Crippen LogP contribution in [0.4, 0.5) is 0 Å². The average Bonchev–Trinajstić information content (AvgIpc) is 2.86. The van der Waals surface area contributed by atoms with E-state index in [-0.39, 0.29) is 36.6 Å². The molecule has 0 aliphatic carbocycles. The number of amides is 2. The number of para-hydroxylation sites is 1. The van der Waals surface area contributed by atoms with E-state index in [0.717, 1.165) is 5.56 Å². The predicted octanol–water partition coefficient (Wildman–Crippen LogP) is 2.68. The number of hydrogen-bond acceptors (Lipinski definition) is 8. The molecule has 0 radical (unpaired) electrons. The molecule has 3 rings (SSSR count). The standard InChI is InChI=1S/C26H30ClN5O5/c1-16(2)25(29-15-26(3,35)37-21-7-5-4-6-18(21)13-28)30-24(34)14-36-22-10-8-17(12-19(22)27)20-9-11-23(33)32-31-20/h4-8,10,12,16,25,29,35H,9,11,14-15H2,1-3H3,(H,30,34)(H,32,33). The van der Waals surface area contributed by atoms with E-state index in [1.807, 2.05) is 19.9 Å². The first-order valence-corrected chi connectivity index (χ1v) is 12.2. The van der Waals surface area contributed by atoms with E-state index < -0.39 is 12.0 Å². The van der Waals surface area contributed by atoms with Crippen LogP contribution in [0.25, 0.3) is 0 Å². The van der Waals surface area contributed by atoms with Crippen molar-refractivity contribution in [2.45, 2.75) is 45.6 Å². The number of halogens is 1. The second kappa shape index (κ2) is 12.5. The Labute approximate surface area is 220 Å². The number of rotatable bonds is 11. The van der Waals surface area contributed by atoms with E-state index in [4.69, 9.17) is 21.1 Å². The summed E-state index contributed by atoms with van der Waals surface area (Å²) >= 11 is 6.33. The number of nitriles is 1. The summed E-state index contributed by atoms with van der Waals surface area (Å²) in [6, 6.07) is 13.7. The molecular weight excluding hydrogens is 498 g/mol. The number of nitrogens with zero attached hydrogens (tertiary/aromatic N) is 2. The Morgan fingerprint density at radius 2 is 2.03 bits per heavy atom. The lowest BCUT2D eigenvalue weighted by molar-refractivity contribution is -0.128. The third-order valence-corrected chi connectivity index (χ3v) is 5.79. The van der Waals surface area contributed by atoms with Crippen LogP contribution in [-0.2, 0) is 9.59 Å². The van der Waals surface area contributed by atoms with Gasteiger partial charge in [-0.1, -0.05) is 37.6 Å². The van der Waals surface area contributed by atoms with Gasteiger partial charge in [0.25, 0.3) is 5.91 Å². The van der Waals surface area contributed by atoms with Crippen molar-refractivity contribution in [1.29, 1.82) is 5.26 Å². The molecule has 4 N–H and O–H groups in total. The summed E-state index contributed by atoms with van der Waals surface area (Å²) in [7, 11) is 0. The molecule has 1 aliphatic rings. The lowest BCUT2D eigenvalue weighted by Crippen LogP contribution is -2.55. The maximum absolute atomic E-state index is 12.6. The molecule has 1 aliphatic heterocycles. The first kappa shape index (κ1) is 27.9. The number of hydrogen-bond donors (Lipinski definition) is 4. The van der Waals surface area contributed by atoms with Crippen molar-refractivity contribution in [3.8, 4) is 17.6 Å². The van der Waals surface area contributed by atoms with Crippen LogP contribution in [-0.4, -0.2) is 47.7 Å². The topological polar surface area (TPSA) is 145 Å². The summed E-state index contributed by atoms with van der Waals surface area (Å²) in [6.07, 6.45) is 0.376. The zero-order chi connectivity index (χ0) is 27.0. The van der Waals surface area contributed by atoms with Crippen molar-refractivity contribution in [1.82, 2.24) is 16.1 Å². The van der Waals surface area contributed by atoms with Gasteiger partial charge in [0.15, 0.2) is 6.61 Å². The van der Waals surface area contributed by atoms with Crippen LogP contribution in [0.5, 0.6) is 11.5 Å². The third kappa shape index (κ3) is 8.18. The molecule has 2 aromatic rings. The van der Waals surface area contributed by atoms with E-state index in [1.54, 1.807) is 42.5 Å². The normalized spacial score (nSPS) is 15.6. The van der Waals surface area contributed by atoms with Crippen LogP contribution < -0.4 is 25.5 Å². The first-order chi connectivity index (χ1) is 17.6. The number of nitrogens with one attached hydrogen (secondary N) is 3. The summed E-state index contributed by atoms with van der Waals surface area (Å²) in [4.78, 5) is 23.9. The van der Waals surface area contributed by atoms with E-state index in [1.165, 1.54) is 6.92 Å². The Bertz CT molecular complexity index is 1210. The van der Waals surface area contributed by atoms with Crippen molar-refractivity contribution in [2.24, 2.45) is 11.0 Å². The molecule has 1 heterocycles. The molecule has 0 aromatic heterocycles. The fourth-order valence-corrected chi connectivity index (χ4v) is 3.75. The van der Waals surface area contributed by atoms with Gasteiger partial charge in [0, 0.05) is 19.8 Å². The summed E-state index contributed by atoms with van der Waals surface area (Å²) in [5.74, 6) is -1.58. The molecule has 2 amide bonds. The van der Waals surface area contributed by atoms with Crippen LogP contribution in [0.2, 0.25) is 5.02 Å². The molecule has 0 fully saturated rings. The highest BCUT2D eigenvalue weighted by Crippen LogP contribution is 2.27. The lowest BCUT2D eigenvalue weighted by Gasteiger charge is -2.30. The van der Waals surface area contributed by atoms with Crippen LogP contribution >= 0.6 is 11.6 Å². The molecule has 0 saturated carbocycles. The van der Waals surface area contributed by atoms with Gasteiger partial charge in [-0.25, -0.2) is 5.43 Å². The lowest BCUT2D eigenvalue weighted by atomic mass is 10.0. The number of aliphatic hydroxyl groups is 1. The maximum Gasteiger partial charge on any atom is 0.259 e. The second-order valence-corrected chi connectivity index (χ2v) is 9.49. The second-order valence-electron chi connectivity index (χ2n) is 9.08. The van der Waals surface area contributed by atoms with E-state index in [0.29, 0.717) is 34.9 Å². The van der Waals surface area contributed by atoms with Gasteiger partial charge in [0.2, 0.25) is 11.7 Å². The molecule has 0 saturated heterocycles. The van der Waals surface area contributed by atoms with Crippen LogP contribution in [0, 0.1) is 17.2 Å². The van der Waals surface area contributed by atoms with Crippen LogP contribution in [0.3, 0.4) is 0 Å². The first-order valence-electron chi connectivity index (χ1n) is 11.8. The molecule has 0 bridgehead atoms. The molecule has 10 nitrogen and oxygen atoms in total. The van der Waals surface area contributed by atoms with Crippen LogP contribution in [0.1, 0.15) is 44.7 Å². The smallest absolute Gasteiger partial charge is 0.259 e. The van der Waals surface area contributed by atoms with E-state index >= 15 is 0 Å². The van der Waals surface area contributed by atoms with Crippen molar-refractivity contribution in [3.05, 3.63) is 58.6 Å². The van der Waals surface area contributed by atoms with Gasteiger partial charge in [-0.2, -0.15) is 10.4 Å². The fourth-order valence-electron chi connectivity index (χ4n) is 3.51. The maximum atomic E-state index is 12.6. The summed E-state index contributed by atoms with van der Waals surface area (Å²) in [5, 5.41) is 30.2. The highest BCUT2D eigenvalue weighted by molar-refractivity contribution is 6.32. The third-order valence-electron chi connectivity index (χ3n) is 5.50. The van der Waals surface area contributed by atoms with Crippen molar-refractivity contribution < 1.29 is 24.2 Å². The fraction of sp³-hybridized carbons (Fsp3) is 0.385. The van der Waals surface area contributed by atoms with Gasteiger partial charge in [-0.15, -0.1) is 0 Å². The summed E-state index contributed by atoms with van der Waals surface area (Å²) in [5.41, 5.74) is 4.23. The largest absolute Gasteiger partial charge is 0.482 e. The highest BCUT2D eigenvalue weighted by Gasteiger charge is 2.27. The molecule has 2 aromatic carbocycles. The zero-order valence-electron chi connectivity index (χ0n) is 20.9. The van der Waals surface area contributed by atoms with E-state index in [2.05, 4.69) is 21.2 Å². The SMILES string of the molecule is CC(C)C(NCC(C)(O)Oc1ccccc1C#N)NC(=O)COc1ccc(C2=NNC(=O)CC2)cc1Cl. The van der Waals surface area contributed by atoms with Gasteiger partial charge in [-0.05, 0) is 41.8 Å². The monoisotopic (exact) mass is 527 g/mol. The highest BCUT2D eigenvalue weighted by atomic mass is 35.5. The van der Waals surface area contributed by atoms with Crippen molar-refractivity contribution in [2.75, 3.05) is 13.2 Å². The average molecular weight is 528 g/mol. The number of carbonyl (C=O) groups is 2. The Morgan fingerprint density at radius 1 is 1.27 bits per heavy atom. The molecular formula is C26H30ClN5O5. The van der Waals surface area contributed by atoms with Gasteiger partial charge < -0.3 is 19.9 Å². The Morgan fingerprint density at radius 3 is 2.68 bits per heavy atom. The summed E-state index contributed by atoms with van der Waals surface area (Å²) in [6.45, 7) is 4.99. The zero-order valence-corrected chi connectivity index (χ0v) is 21.6. The molecule has 11 heteroatoms. The van der Waals surface area contributed by atoms with Crippen molar-refractivity contribution >= 4 is 29.1 Å². The minimum Gasteiger partial charge on any atom is -0.482 e. The Kier molecular flexibility index (Phi) is 9.47. The number of ether oxygens (including phenoxy) is 2. The molecule has 37 heavy (non-hydrogen) atoms. The molecule has 196 valence electrons. The quantitative estimate of drug-likeness (QED) is 0.329. The predicted molar refractivity (Wildman–Crippen MR) is 138 cm³/mol. The van der Waals surface area contributed by atoms with Gasteiger partial charge in [0.05, 0.1) is 29.0 Å². The molecule has 0 spiro atoms. The van der Waals surface area contributed by atoms with Crippen molar-refractivity contribution in [3.63, 3.8) is 0 Å². The van der Waals surface area contributed by atoms with Gasteiger partial charge in [0.1, 0.15) is 17.6 Å². The van der Waals surface area contributed by atoms with Crippen LogP contribution in [0.15, 0.2) is 47.6 Å². The van der Waals surface area contributed by atoms with Gasteiger partial charge in [-0.3, -0.25) is 14.9 Å². The van der Waals surface area contributed by atoms with E-state index in [9.17, 15) is 20.0 Å². The molecule has 2 unspecified atom stereocenters. The summed E-state index contributed by atoms with van der Waals surface area (Å²) < 4.78 is 11.2.